The predicted molar refractivity (Wildman–Crippen MR) is 68.8 cm³/mol. The molecule has 2 aliphatic rings. The fraction of sp³-hybridized carbons (Fsp3) is 1.00. The summed E-state index contributed by atoms with van der Waals surface area (Å²) >= 11 is 0. The molecule has 0 spiro atoms. The minimum absolute atomic E-state index is 0.747. The number of piperidine rings is 2. The zero-order chi connectivity index (χ0) is 11.4. The van der Waals surface area contributed by atoms with E-state index in [1.165, 1.54) is 58.4 Å². The van der Waals surface area contributed by atoms with Crippen LogP contribution in [-0.4, -0.2) is 61.7 Å². The molecule has 1 unspecified atom stereocenters. The van der Waals surface area contributed by atoms with Crippen molar-refractivity contribution in [2.24, 2.45) is 0 Å². The van der Waals surface area contributed by atoms with Crippen molar-refractivity contribution in [2.75, 3.05) is 39.8 Å². The van der Waals surface area contributed by atoms with Crippen molar-refractivity contribution in [3.8, 4) is 0 Å². The van der Waals surface area contributed by atoms with Gasteiger partial charge in [-0.1, -0.05) is 6.92 Å². The highest BCUT2D eigenvalue weighted by atomic mass is 15.2. The Labute approximate surface area is 100 Å². The molecule has 0 aromatic heterocycles. The summed E-state index contributed by atoms with van der Waals surface area (Å²) in [6.07, 6.45) is 5.42. The molecule has 0 radical (unpaired) electrons. The Morgan fingerprint density at radius 1 is 1.06 bits per heavy atom. The number of likely N-dealkylation sites (tertiary alicyclic amines) is 2. The summed E-state index contributed by atoms with van der Waals surface area (Å²) in [5.41, 5.74) is 0. The molecule has 3 heteroatoms. The topological polar surface area (TPSA) is 18.5 Å². The quantitative estimate of drug-likeness (QED) is 0.777. The fourth-order valence-corrected chi connectivity index (χ4v) is 3.05. The molecule has 0 aliphatic carbocycles. The summed E-state index contributed by atoms with van der Waals surface area (Å²) in [5, 5.41) is 3.86. The molecule has 1 atom stereocenters. The highest BCUT2D eigenvalue weighted by Gasteiger charge is 2.23. The molecular formula is C13H27N3. The van der Waals surface area contributed by atoms with Crippen molar-refractivity contribution < 1.29 is 0 Å². The number of likely N-dealkylation sites (N-methyl/N-ethyl adjacent to an activating group) is 1. The Bertz CT molecular complexity index is 199. The second-order valence-corrected chi connectivity index (χ2v) is 5.48. The van der Waals surface area contributed by atoms with Gasteiger partial charge in [0, 0.05) is 18.6 Å². The molecule has 0 bridgehead atoms. The third kappa shape index (κ3) is 3.44. The number of hydrogen-bond acceptors (Lipinski definition) is 3. The van der Waals surface area contributed by atoms with Crippen molar-refractivity contribution in [3.05, 3.63) is 0 Å². The van der Waals surface area contributed by atoms with Crippen LogP contribution in [0.3, 0.4) is 0 Å². The van der Waals surface area contributed by atoms with E-state index in [4.69, 9.17) is 0 Å². The van der Waals surface area contributed by atoms with E-state index in [1.807, 2.05) is 0 Å². The van der Waals surface area contributed by atoms with E-state index in [9.17, 15) is 0 Å². The van der Waals surface area contributed by atoms with Crippen molar-refractivity contribution in [1.29, 1.82) is 0 Å². The molecule has 16 heavy (non-hydrogen) atoms. The first-order chi connectivity index (χ1) is 7.78. The van der Waals surface area contributed by atoms with E-state index in [2.05, 4.69) is 29.1 Å². The highest BCUT2D eigenvalue weighted by molar-refractivity contribution is 4.83. The standard InChI is InChI=1S/C13H27N3/c1-3-16-9-6-12(7-10-16)14-13-5-4-8-15(2)11-13/h12-14H,3-11H2,1-2H3. The van der Waals surface area contributed by atoms with Gasteiger partial charge in [0.25, 0.3) is 0 Å². The van der Waals surface area contributed by atoms with Gasteiger partial charge in [-0.15, -0.1) is 0 Å². The second kappa shape index (κ2) is 5.99. The van der Waals surface area contributed by atoms with E-state index in [-0.39, 0.29) is 0 Å². The maximum Gasteiger partial charge on any atom is 0.0197 e. The van der Waals surface area contributed by atoms with Crippen LogP contribution < -0.4 is 5.32 Å². The summed E-state index contributed by atoms with van der Waals surface area (Å²) in [4.78, 5) is 5.02. The lowest BCUT2D eigenvalue weighted by Gasteiger charge is -2.37. The third-order valence-corrected chi connectivity index (χ3v) is 4.13. The van der Waals surface area contributed by atoms with Crippen LogP contribution >= 0.6 is 0 Å². The SMILES string of the molecule is CCN1CCC(NC2CCCN(C)C2)CC1. The number of rotatable bonds is 3. The van der Waals surface area contributed by atoms with Crippen LogP contribution in [0.5, 0.6) is 0 Å². The summed E-state index contributed by atoms with van der Waals surface area (Å²) in [6.45, 7) is 8.59. The fourth-order valence-electron chi connectivity index (χ4n) is 3.05. The Morgan fingerprint density at radius 2 is 1.81 bits per heavy atom. The van der Waals surface area contributed by atoms with E-state index >= 15 is 0 Å². The Hall–Kier alpha value is -0.120. The van der Waals surface area contributed by atoms with Gasteiger partial charge in [0.1, 0.15) is 0 Å². The molecule has 1 N–H and O–H groups in total. The maximum atomic E-state index is 3.86. The Kier molecular flexibility index (Phi) is 4.62. The van der Waals surface area contributed by atoms with Crippen LogP contribution in [0.4, 0.5) is 0 Å². The van der Waals surface area contributed by atoms with E-state index in [0.717, 1.165) is 12.1 Å². The van der Waals surface area contributed by atoms with Gasteiger partial charge in [-0.3, -0.25) is 0 Å². The number of hydrogen-bond donors (Lipinski definition) is 1. The molecule has 2 fully saturated rings. The monoisotopic (exact) mass is 225 g/mol. The summed E-state index contributed by atoms with van der Waals surface area (Å²) in [7, 11) is 2.24. The van der Waals surface area contributed by atoms with E-state index in [0.29, 0.717) is 0 Å². The molecule has 94 valence electrons. The van der Waals surface area contributed by atoms with Gasteiger partial charge in [0.05, 0.1) is 0 Å². The number of nitrogens with one attached hydrogen (secondary N) is 1. The predicted octanol–water partition coefficient (Wildman–Crippen LogP) is 1.15. The Balaban J connectivity index is 1.69. The van der Waals surface area contributed by atoms with Gasteiger partial charge >= 0.3 is 0 Å². The van der Waals surface area contributed by atoms with Crippen molar-refractivity contribution in [3.63, 3.8) is 0 Å². The van der Waals surface area contributed by atoms with Gasteiger partial charge in [-0.25, -0.2) is 0 Å². The van der Waals surface area contributed by atoms with E-state index < -0.39 is 0 Å². The average Bonchev–Trinajstić information content (AvgIpc) is 2.30. The molecule has 0 saturated carbocycles. The smallest absolute Gasteiger partial charge is 0.0197 e. The molecule has 2 saturated heterocycles. The Morgan fingerprint density at radius 3 is 2.44 bits per heavy atom. The van der Waals surface area contributed by atoms with Gasteiger partial charge in [0.15, 0.2) is 0 Å². The molecule has 0 aromatic carbocycles. The van der Waals surface area contributed by atoms with Crippen molar-refractivity contribution in [2.45, 2.75) is 44.7 Å². The molecule has 0 amide bonds. The molecule has 2 heterocycles. The van der Waals surface area contributed by atoms with Crippen LogP contribution in [0.25, 0.3) is 0 Å². The number of nitrogens with zero attached hydrogens (tertiary/aromatic N) is 2. The average molecular weight is 225 g/mol. The lowest BCUT2D eigenvalue weighted by Crippen LogP contribution is -2.51. The lowest BCUT2D eigenvalue weighted by atomic mass is 10.0. The summed E-state index contributed by atoms with van der Waals surface area (Å²) in [5.74, 6) is 0. The molecule has 0 aromatic rings. The van der Waals surface area contributed by atoms with Crippen LogP contribution in [-0.2, 0) is 0 Å². The minimum atomic E-state index is 0.747. The third-order valence-electron chi connectivity index (χ3n) is 4.13. The second-order valence-electron chi connectivity index (χ2n) is 5.48. The minimum Gasteiger partial charge on any atom is -0.310 e. The van der Waals surface area contributed by atoms with Crippen LogP contribution in [0.1, 0.15) is 32.6 Å². The first kappa shape index (κ1) is 12.3. The zero-order valence-corrected chi connectivity index (χ0v) is 10.9. The summed E-state index contributed by atoms with van der Waals surface area (Å²) in [6, 6.07) is 1.52. The van der Waals surface area contributed by atoms with Gasteiger partial charge in [-0.2, -0.15) is 0 Å². The zero-order valence-electron chi connectivity index (χ0n) is 10.9. The molecular weight excluding hydrogens is 198 g/mol. The largest absolute Gasteiger partial charge is 0.310 e. The van der Waals surface area contributed by atoms with Gasteiger partial charge in [0.2, 0.25) is 0 Å². The molecule has 2 rings (SSSR count). The van der Waals surface area contributed by atoms with Gasteiger partial charge < -0.3 is 15.1 Å². The molecule has 3 nitrogen and oxygen atoms in total. The summed E-state index contributed by atoms with van der Waals surface area (Å²) < 4.78 is 0. The van der Waals surface area contributed by atoms with Crippen molar-refractivity contribution in [1.82, 2.24) is 15.1 Å². The maximum absolute atomic E-state index is 3.86. The van der Waals surface area contributed by atoms with Crippen LogP contribution in [0.15, 0.2) is 0 Å². The lowest BCUT2D eigenvalue weighted by molar-refractivity contribution is 0.170. The normalized spacial score (nSPS) is 30.8. The van der Waals surface area contributed by atoms with E-state index in [1.54, 1.807) is 0 Å². The highest BCUT2D eigenvalue weighted by Crippen LogP contribution is 2.14. The first-order valence-corrected chi connectivity index (χ1v) is 6.95. The molecule has 2 aliphatic heterocycles. The van der Waals surface area contributed by atoms with Crippen LogP contribution in [0, 0.1) is 0 Å². The first-order valence-electron chi connectivity index (χ1n) is 6.95. The van der Waals surface area contributed by atoms with Crippen molar-refractivity contribution >= 4 is 0 Å². The van der Waals surface area contributed by atoms with Gasteiger partial charge in [-0.05, 0) is 58.9 Å². The van der Waals surface area contributed by atoms with Crippen LogP contribution in [0.2, 0.25) is 0 Å².